The molecule has 0 radical (unpaired) electrons. The summed E-state index contributed by atoms with van der Waals surface area (Å²) in [5, 5.41) is 3.73. The Morgan fingerprint density at radius 3 is 2.47 bits per heavy atom. The minimum Gasteiger partial charge on any atom is -0.381 e. The third-order valence-corrected chi connectivity index (χ3v) is 4.82. The van der Waals surface area contributed by atoms with Gasteiger partial charge in [0.25, 0.3) is 0 Å². The molecule has 2 heterocycles. The SMILES string of the molecule is CCC1CN(CC2CCOCC2)C(C(C)(C)C)CN1. The maximum Gasteiger partial charge on any atom is 0.0469 e. The Labute approximate surface area is 119 Å². The van der Waals surface area contributed by atoms with E-state index in [2.05, 4.69) is 37.9 Å². The van der Waals surface area contributed by atoms with Gasteiger partial charge in [0.1, 0.15) is 0 Å². The fourth-order valence-electron chi connectivity index (χ4n) is 3.47. The molecule has 112 valence electrons. The first-order chi connectivity index (χ1) is 9.00. The highest BCUT2D eigenvalue weighted by molar-refractivity contribution is 4.92. The number of ether oxygens (including phenoxy) is 1. The fourth-order valence-corrected chi connectivity index (χ4v) is 3.47. The first-order valence-electron chi connectivity index (χ1n) is 8.06. The zero-order valence-electron chi connectivity index (χ0n) is 13.2. The third kappa shape index (κ3) is 4.17. The molecule has 3 heteroatoms. The molecule has 0 aliphatic carbocycles. The smallest absolute Gasteiger partial charge is 0.0469 e. The minimum absolute atomic E-state index is 0.358. The van der Waals surface area contributed by atoms with Crippen LogP contribution in [0.2, 0.25) is 0 Å². The maximum absolute atomic E-state index is 5.49. The Morgan fingerprint density at radius 1 is 1.21 bits per heavy atom. The van der Waals surface area contributed by atoms with Crippen molar-refractivity contribution in [2.75, 3.05) is 32.8 Å². The first kappa shape index (κ1) is 15.3. The normalized spacial score (nSPS) is 31.6. The van der Waals surface area contributed by atoms with Gasteiger partial charge in [-0.05, 0) is 30.6 Å². The molecule has 0 spiro atoms. The Kier molecular flexibility index (Phi) is 5.27. The molecule has 3 nitrogen and oxygen atoms in total. The molecule has 0 saturated carbocycles. The molecule has 2 aliphatic heterocycles. The van der Waals surface area contributed by atoms with E-state index in [1.807, 2.05) is 0 Å². The van der Waals surface area contributed by atoms with Gasteiger partial charge in [0.05, 0.1) is 0 Å². The van der Waals surface area contributed by atoms with Crippen LogP contribution in [-0.2, 0) is 4.74 Å². The number of piperazine rings is 1. The van der Waals surface area contributed by atoms with Crippen LogP contribution in [0.15, 0.2) is 0 Å². The molecule has 19 heavy (non-hydrogen) atoms. The predicted molar refractivity (Wildman–Crippen MR) is 80.4 cm³/mol. The number of rotatable bonds is 3. The van der Waals surface area contributed by atoms with Crippen LogP contribution in [0.5, 0.6) is 0 Å². The summed E-state index contributed by atoms with van der Waals surface area (Å²) in [6.07, 6.45) is 3.73. The summed E-state index contributed by atoms with van der Waals surface area (Å²) in [6.45, 7) is 15.0. The van der Waals surface area contributed by atoms with Gasteiger partial charge in [-0.1, -0.05) is 27.7 Å². The van der Waals surface area contributed by atoms with Crippen LogP contribution in [-0.4, -0.2) is 49.8 Å². The largest absolute Gasteiger partial charge is 0.381 e. The lowest BCUT2D eigenvalue weighted by Gasteiger charge is -2.47. The second-order valence-corrected chi connectivity index (χ2v) is 7.40. The predicted octanol–water partition coefficient (Wildman–Crippen LogP) is 2.51. The fraction of sp³-hybridized carbons (Fsp3) is 1.00. The maximum atomic E-state index is 5.49. The number of nitrogens with zero attached hydrogens (tertiary/aromatic N) is 1. The Balaban J connectivity index is 1.97. The summed E-state index contributed by atoms with van der Waals surface area (Å²) in [5.74, 6) is 0.842. The highest BCUT2D eigenvalue weighted by atomic mass is 16.5. The van der Waals surface area contributed by atoms with Crippen LogP contribution in [0.1, 0.15) is 47.0 Å². The van der Waals surface area contributed by atoms with Crippen molar-refractivity contribution in [3.05, 3.63) is 0 Å². The highest BCUT2D eigenvalue weighted by Crippen LogP contribution is 2.29. The molecule has 2 fully saturated rings. The standard InChI is InChI=1S/C16H32N2O/c1-5-14-12-18(11-13-6-8-19-9-7-13)15(10-17-14)16(2,3)4/h13-15,17H,5-12H2,1-4H3. The van der Waals surface area contributed by atoms with Crippen molar-refractivity contribution in [2.24, 2.45) is 11.3 Å². The first-order valence-corrected chi connectivity index (χ1v) is 8.06. The summed E-state index contributed by atoms with van der Waals surface area (Å²) < 4.78 is 5.49. The van der Waals surface area contributed by atoms with Gasteiger partial charge in [-0.15, -0.1) is 0 Å². The summed E-state index contributed by atoms with van der Waals surface area (Å²) in [6, 6.07) is 1.34. The van der Waals surface area contributed by atoms with Crippen molar-refractivity contribution < 1.29 is 4.74 Å². The molecule has 0 aromatic heterocycles. The van der Waals surface area contributed by atoms with E-state index in [9.17, 15) is 0 Å². The lowest BCUT2D eigenvalue weighted by atomic mass is 9.83. The number of hydrogen-bond acceptors (Lipinski definition) is 3. The van der Waals surface area contributed by atoms with Crippen molar-refractivity contribution in [2.45, 2.75) is 59.0 Å². The zero-order chi connectivity index (χ0) is 13.9. The number of hydrogen-bond donors (Lipinski definition) is 1. The van der Waals surface area contributed by atoms with Gasteiger partial charge in [-0.3, -0.25) is 4.90 Å². The molecule has 2 saturated heterocycles. The Morgan fingerprint density at radius 2 is 1.89 bits per heavy atom. The van der Waals surface area contributed by atoms with Crippen LogP contribution in [0, 0.1) is 11.3 Å². The molecular weight excluding hydrogens is 236 g/mol. The van der Waals surface area contributed by atoms with E-state index < -0.39 is 0 Å². The lowest BCUT2D eigenvalue weighted by molar-refractivity contribution is 0.0103. The van der Waals surface area contributed by atoms with E-state index in [0.717, 1.165) is 25.7 Å². The monoisotopic (exact) mass is 268 g/mol. The Bertz CT molecular complexity index is 268. The van der Waals surface area contributed by atoms with E-state index >= 15 is 0 Å². The van der Waals surface area contributed by atoms with Crippen LogP contribution in [0.3, 0.4) is 0 Å². The molecule has 2 unspecified atom stereocenters. The highest BCUT2D eigenvalue weighted by Gasteiger charge is 2.36. The molecule has 0 aromatic rings. The summed E-state index contributed by atoms with van der Waals surface area (Å²) >= 11 is 0. The molecule has 1 N–H and O–H groups in total. The molecule has 0 aromatic carbocycles. The summed E-state index contributed by atoms with van der Waals surface area (Å²) in [5.41, 5.74) is 0.358. The van der Waals surface area contributed by atoms with E-state index in [1.165, 1.54) is 32.4 Å². The number of nitrogens with one attached hydrogen (secondary N) is 1. The van der Waals surface area contributed by atoms with Gasteiger partial charge in [-0.2, -0.15) is 0 Å². The van der Waals surface area contributed by atoms with Crippen molar-refractivity contribution >= 4 is 0 Å². The van der Waals surface area contributed by atoms with Gasteiger partial charge in [0, 0.05) is 44.9 Å². The second kappa shape index (κ2) is 6.55. The topological polar surface area (TPSA) is 24.5 Å². The zero-order valence-corrected chi connectivity index (χ0v) is 13.2. The summed E-state index contributed by atoms with van der Waals surface area (Å²) in [4.78, 5) is 2.76. The lowest BCUT2D eigenvalue weighted by Crippen LogP contribution is -2.61. The van der Waals surface area contributed by atoms with E-state index in [-0.39, 0.29) is 0 Å². The van der Waals surface area contributed by atoms with Crippen LogP contribution in [0.4, 0.5) is 0 Å². The quantitative estimate of drug-likeness (QED) is 0.851. The van der Waals surface area contributed by atoms with Crippen molar-refractivity contribution in [1.29, 1.82) is 0 Å². The van der Waals surface area contributed by atoms with Gasteiger partial charge in [0.2, 0.25) is 0 Å². The molecule has 0 amide bonds. The molecule has 2 atom stereocenters. The molecule has 2 rings (SSSR count). The average molecular weight is 268 g/mol. The van der Waals surface area contributed by atoms with E-state index in [4.69, 9.17) is 4.74 Å². The molecule has 0 bridgehead atoms. The van der Waals surface area contributed by atoms with Crippen molar-refractivity contribution in [3.63, 3.8) is 0 Å². The van der Waals surface area contributed by atoms with E-state index in [1.54, 1.807) is 0 Å². The van der Waals surface area contributed by atoms with Crippen molar-refractivity contribution in [3.8, 4) is 0 Å². The average Bonchev–Trinajstić information content (AvgIpc) is 2.38. The van der Waals surface area contributed by atoms with Crippen LogP contribution < -0.4 is 5.32 Å². The third-order valence-electron chi connectivity index (χ3n) is 4.82. The van der Waals surface area contributed by atoms with Gasteiger partial charge in [-0.25, -0.2) is 0 Å². The minimum atomic E-state index is 0.358. The second-order valence-electron chi connectivity index (χ2n) is 7.40. The molecule has 2 aliphatic rings. The van der Waals surface area contributed by atoms with Gasteiger partial charge < -0.3 is 10.1 Å². The van der Waals surface area contributed by atoms with Gasteiger partial charge >= 0.3 is 0 Å². The van der Waals surface area contributed by atoms with Crippen LogP contribution in [0.25, 0.3) is 0 Å². The van der Waals surface area contributed by atoms with Crippen molar-refractivity contribution in [1.82, 2.24) is 10.2 Å². The molecular formula is C16H32N2O. The van der Waals surface area contributed by atoms with Gasteiger partial charge in [0.15, 0.2) is 0 Å². The van der Waals surface area contributed by atoms with E-state index in [0.29, 0.717) is 17.5 Å². The summed E-state index contributed by atoms with van der Waals surface area (Å²) in [7, 11) is 0. The van der Waals surface area contributed by atoms with Crippen LogP contribution >= 0.6 is 0 Å². The Hall–Kier alpha value is -0.120.